The van der Waals surface area contributed by atoms with Crippen LogP contribution in [0.15, 0.2) is 66.7 Å². The molecule has 3 aromatic rings. The van der Waals surface area contributed by atoms with Gasteiger partial charge in [-0.3, -0.25) is 9.69 Å². The third-order valence-corrected chi connectivity index (χ3v) is 6.16. The van der Waals surface area contributed by atoms with Gasteiger partial charge in [-0.2, -0.15) is 5.26 Å². The molecule has 154 valence electrons. The Morgan fingerprint density at radius 2 is 1.65 bits per heavy atom. The second-order valence-electron chi connectivity index (χ2n) is 7.94. The molecule has 0 saturated carbocycles. The van der Waals surface area contributed by atoms with Gasteiger partial charge >= 0.3 is 0 Å². The number of piperazine rings is 1. The quantitative estimate of drug-likeness (QED) is 0.632. The Morgan fingerprint density at radius 1 is 0.935 bits per heavy atom. The van der Waals surface area contributed by atoms with E-state index in [1.54, 1.807) is 6.07 Å². The Morgan fingerprint density at radius 3 is 2.42 bits per heavy atom. The average molecular weight is 409 g/mol. The van der Waals surface area contributed by atoms with Crippen molar-refractivity contribution in [1.82, 2.24) is 4.90 Å². The summed E-state index contributed by atoms with van der Waals surface area (Å²) in [4.78, 5) is 17.5. The van der Waals surface area contributed by atoms with E-state index in [0.29, 0.717) is 11.3 Å². The van der Waals surface area contributed by atoms with Crippen LogP contribution in [0.4, 0.5) is 17.1 Å². The zero-order valence-corrected chi connectivity index (χ0v) is 17.1. The number of hydrogen-bond donors (Lipinski definition) is 2. The van der Waals surface area contributed by atoms with Gasteiger partial charge in [-0.15, -0.1) is 0 Å². The highest BCUT2D eigenvalue weighted by Crippen LogP contribution is 2.39. The van der Waals surface area contributed by atoms with Gasteiger partial charge in [0, 0.05) is 43.1 Å². The predicted molar refractivity (Wildman–Crippen MR) is 122 cm³/mol. The molecule has 2 heterocycles. The largest absolute Gasteiger partial charge is 0.399 e. The molecule has 6 heteroatoms. The SMILES string of the molecule is N#Cc1cc(N)ccc1N1CCN(C2c3ccccc3NC(=O)c3ccccc32)CC1. The molecule has 1 atom stereocenters. The van der Waals surface area contributed by atoms with Gasteiger partial charge in [0.2, 0.25) is 0 Å². The van der Waals surface area contributed by atoms with Crippen molar-refractivity contribution < 1.29 is 4.79 Å². The minimum atomic E-state index is -0.0651. The molecule has 0 radical (unpaired) electrons. The van der Waals surface area contributed by atoms with Crippen molar-refractivity contribution in [1.29, 1.82) is 5.26 Å². The molecule has 0 aromatic heterocycles. The Bertz CT molecular complexity index is 1190. The number of fused-ring (bicyclic) bond motifs is 2. The van der Waals surface area contributed by atoms with Crippen LogP contribution in [0.25, 0.3) is 0 Å². The number of nitrogen functional groups attached to an aromatic ring is 1. The van der Waals surface area contributed by atoms with Crippen LogP contribution in [0.3, 0.4) is 0 Å². The summed E-state index contributed by atoms with van der Waals surface area (Å²) in [5.74, 6) is -0.0651. The second kappa shape index (κ2) is 7.78. The number of hydrogen-bond acceptors (Lipinski definition) is 5. The Balaban J connectivity index is 1.48. The number of benzene rings is 3. The third kappa shape index (κ3) is 3.39. The minimum absolute atomic E-state index is 0.00430. The molecular weight excluding hydrogens is 386 g/mol. The third-order valence-electron chi connectivity index (χ3n) is 6.16. The normalized spacial score (nSPS) is 18.4. The highest BCUT2D eigenvalue weighted by Gasteiger charge is 2.33. The van der Waals surface area contributed by atoms with Crippen LogP contribution in [0.5, 0.6) is 0 Å². The zero-order chi connectivity index (χ0) is 21.4. The van der Waals surface area contributed by atoms with Crippen LogP contribution in [0.1, 0.15) is 33.1 Å². The van der Waals surface area contributed by atoms with E-state index in [-0.39, 0.29) is 11.9 Å². The molecule has 0 bridgehead atoms. The number of nitriles is 1. The second-order valence-corrected chi connectivity index (χ2v) is 7.94. The highest BCUT2D eigenvalue weighted by molar-refractivity contribution is 6.07. The van der Waals surface area contributed by atoms with E-state index >= 15 is 0 Å². The molecule has 0 aliphatic carbocycles. The minimum Gasteiger partial charge on any atom is -0.399 e. The monoisotopic (exact) mass is 409 g/mol. The zero-order valence-electron chi connectivity index (χ0n) is 17.1. The molecule has 1 unspecified atom stereocenters. The summed E-state index contributed by atoms with van der Waals surface area (Å²) in [7, 11) is 0. The molecule has 1 amide bonds. The molecule has 5 rings (SSSR count). The molecular formula is C25H23N5O. The Hall–Kier alpha value is -3.82. The predicted octanol–water partition coefficient (Wildman–Crippen LogP) is 3.62. The summed E-state index contributed by atoms with van der Waals surface area (Å²) in [6.07, 6.45) is 0. The first-order valence-corrected chi connectivity index (χ1v) is 10.4. The van der Waals surface area contributed by atoms with Crippen molar-refractivity contribution in [2.24, 2.45) is 0 Å². The first kappa shape index (κ1) is 19.2. The number of anilines is 3. The van der Waals surface area contributed by atoms with Crippen LogP contribution in [0.2, 0.25) is 0 Å². The lowest BCUT2D eigenvalue weighted by molar-refractivity contribution is 0.102. The van der Waals surface area contributed by atoms with Crippen LogP contribution >= 0.6 is 0 Å². The molecule has 2 aliphatic heterocycles. The van der Waals surface area contributed by atoms with Gasteiger partial charge in [0.15, 0.2) is 0 Å². The summed E-state index contributed by atoms with van der Waals surface area (Å²) in [5, 5.41) is 12.6. The molecule has 3 aromatic carbocycles. The lowest BCUT2D eigenvalue weighted by atomic mass is 9.93. The van der Waals surface area contributed by atoms with Crippen LogP contribution in [-0.2, 0) is 0 Å². The summed E-state index contributed by atoms with van der Waals surface area (Å²) in [6.45, 7) is 3.22. The summed E-state index contributed by atoms with van der Waals surface area (Å²) in [5.41, 5.74) is 11.7. The van der Waals surface area contributed by atoms with Crippen LogP contribution < -0.4 is 16.0 Å². The number of nitrogens with zero attached hydrogens (tertiary/aromatic N) is 3. The molecule has 1 fully saturated rings. The van der Waals surface area contributed by atoms with Crippen molar-refractivity contribution in [2.75, 3.05) is 42.1 Å². The van der Waals surface area contributed by atoms with Gasteiger partial charge in [0.1, 0.15) is 6.07 Å². The van der Waals surface area contributed by atoms with Crippen molar-refractivity contribution in [2.45, 2.75) is 6.04 Å². The molecule has 31 heavy (non-hydrogen) atoms. The Kier molecular flexibility index (Phi) is 4.81. The topological polar surface area (TPSA) is 85.4 Å². The highest BCUT2D eigenvalue weighted by atomic mass is 16.1. The van der Waals surface area contributed by atoms with Crippen molar-refractivity contribution in [3.8, 4) is 6.07 Å². The van der Waals surface area contributed by atoms with Crippen molar-refractivity contribution >= 4 is 23.0 Å². The summed E-state index contributed by atoms with van der Waals surface area (Å²) in [6, 6.07) is 23.7. The number of carbonyl (C=O) groups excluding carboxylic acids is 1. The van der Waals surface area contributed by atoms with Crippen LogP contribution in [-0.4, -0.2) is 37.0 Å². The molecule has 0 spiro atoms. The first-order chi connectivity index (χ1) is 15.2. The van der Waals surface area contributed by atoms with Gasteiger partial charge in [-0.05, 0) is 41.5 Å². The fraction of sp³-hybridized carbons (Fsp3) is 0.200. The summed E-state index contributed by atoms with van der Waals surface area (Å²) < 4.78 is 0. The van der Waals surface area contributed by atoms with E-state index in [9.17, 15) is 10.1 Å². The number of rotatable bonds is 2. The van der Waals surface area contributed by atoms with E-state index in [1.165, 1.54) is 0 Å². The number of carbonyl (C=O) groups is 1. The molecule has 2 aliphatic rings. The lowest BCUT2D eigenvalue weighted by Crippen LogP contribution is -2.48. The standard InChI is InChI=1S/C25H23N5O/c26-16-17-15-18(27)9-10-23(17)29-11-13-30(14-12-29)24-19-5-1-2-6-20(19)25(31)28-22-8-4-3-7-21(22)24/h1-10,15,24H,11-14,27H2,(H,28,31). The smallest absolute Gasteiger partial charge is 0.256 e. The van der Waals surface area contributed by atoms with Crippen molar-refractivity contribution in [3.05, 3.63) is 89.0 Å². The maximum absolute atomic E-state index is 12.9. The number of amides is 1. The van der Waals surface area contributed by atoms with Gasteiger partial charge in [-0.1, -0.05) is 36.4 Å². The summed E-state index contributed by atoms with van der Waals surface area (Å²) >= 11 is 0. The first-order valence-electron chi connectivity index (χ1n) is 10.4. The molecule has 1 saturated heterocycles. The van der Waals surface area contributed by atoms with E-state index in [0.717, 1.165) is 54.2 Å². The maximum atomic E-state index is 12.9. The lowest BCUT2D eigenvalue weighted by Gasteiger charge is -2.41. The molecule has 3 N–H and O–H groups in total. The Labute approximate surface area is 181 Å². The fourth-order valence-electron chi connectivity index (χ4n) is 4.68. The number of nitrogens with one attached hydrogen (secondary N) is 1. The van der Waals surface area contributed by atoms with Gasteiger partial charge in [0.05, 0.1) is 17.3 Å². The van der Waals surface area contributed by atoms with Gasteiger partial charge < -0.3 is 16.0 Å². The van der Waals surface area contributed by atoms with E-state index in [2.05, 4.69) is 33.3 Å². The van der Waals surface area contributed by atoms with E-state index < -0.39 is 0 Å². The van der Waals surface area contributed by atoms with Gasteiger partial charge in [-0.25, -0.2) is 0 Å². The average Bonchev–Trinajstić information content (AvgIpc) is 2.93. The number of para-hydroxylation sites is 1. The number of nitrogens with two attached hydrogens (primary N) is 1. The van der Waals surface area contributed by atoms with Crippen molar-refractivity contribution in [3.63, 3.8) is 0 Å². The van der Waals surface area contributed by atoms with Crippen LogP contribution in [0, 0.1) is 11.3 Å². The maximum Gasteiger partial charge on any atom is 0.256 e. The van der Waals surface area contributed by atoms with Gasteiger partial charge in [0.25, 0.3) is 5.91 Å². The molecule has 6 nitrogen and oxygen atoms in total. The fourth-order valence-corrected chi connectivity index (χ4v) is 4.68. The van der Waals surface area contributed by atoms with E-state index in [1.807, 2.05) is 48.5 Å². The van der Waals surface area contributed by atoms with E-state index in [4.69, 9.17) is 5.73 Å².